The fraction of sp³-hybridized carbons (Fsp3) is 0.389. The Morgan fingerprint density at radius 2 is 1.89 bits per heavy atom. The zero-order valence-corrected chi connectivity index (χ0v) is 15.7. The summed E-state index contributed by atoms with van der Waals surface area (Å²) in [6.07, 6.45) is 5.36. The fourth-order valence-electron chi connectivity index (χ4n) is 2.91. The van der Waals surface area contributed by atoms with Crippen LogP contribution in [0.3, 0.4) is 0 Å². The number of hydrogen-bond acceptors (Lipinski definition) is 6. The monoisotopic (exact) mass is 412 g/mol. The number of pyridine rings is 1. The first-order chi connectivity index (χ1) is 13.3. The number of alkyl halides is 3. The van der Waals surface area contributed by atoms with Crippen molar-refractivity contribution < 1.29 is 13.2 Å². The van der Waals surface area contributed by atoms with E-state index in [9.17, 15) is 13.2 Å². The minimum atomic E-state index is -4.52. The van der Waals surface area contributed by atoms with Gasteiger partial charge in [-0.15, -0.1) is 0 Å². The highest BCUT2D eigenvalue weighted by Crippen LogP contribution is 2.34. The highest BCUT2D eigenvalue weighted by Gasteiger charge is 2.31. The molecule has 0 aromatic carbocycles. The van der Waals surface area contributed by atoms with Gasteiger partial charge in [-0.1, -0.05) is 23.3 Å². The Bertz CT molecular complexity index is 869. The van der Waals surface area contributed by atoms with Gasteiger partial charge in [0.15, 0.2) is 11.6 Å². The highest BCUT2D eigenvalue weighted by atomic mass is 35.5. The molecule has 2 aromatic heterocycles. The Morgan fingerprint density at radius 3 is 2.57 bits per heavy atom. The molecule has 0 aliphatic heterocycles. The van der Waals surface area contributed by atoms with Crippen molar-refractivity contribution in [3.05, 3.63) is 40.8 Å². The van der Waals surface area contributed by atoms with Gasteiger partial charge < -0.3 is 16.4 Å². The molecule has 28 heavy (non-hydrogen) atoms. The first kappa shape index (κ1) is 20.2. The lowest BCUT2D eigenvalue weighted by Gasteiger charge is -2.15. The van der Waals surface area contributed by atoms with Gasteiger partial charge in [-0.2, -0.15) is 13.2 Å². The number of hydrogen-bond donors (Lipinski definition) is 3. The molecule has 0 atom stereocenters. The Morgan fingerprint density at radius 1 is 1.11 bits per heavy atom. The number of rotatable bonds is 6. The molecule has 10 heteroatoms. The molecule has 2 aromatic rings. The summed E-state index contributed by atoms with van der Waals surface area (Å²) in [5.41, 5.74) is 6.81. The molecule has 3 rings (SSSR count). The average molecular weight is 413 g/mol. The Kier molecular flexibility index (Phi) is 6.23. The summed E-state index contributed by atoms with van der Waals surface area (Å²) in [4.78, 5) is 11.9. The third-order valence-corrected chi connectivity index (χ3v) is 4.70. The van der Waals surface area contributed by atoms with Crippen molar-refractivity contribution in [1.29, 1.82) is 0 Å². The van der Waals surface area contributed by atoms with Gasteiger partial charge in [0.1, 0.15) is 17.8 Å². The van der Waals surface area contributed by atoms with E-state index in [1.54, 1.807) is 0 Å². The molecule has 0 amide bonds. The Balaban J connectivity index is 1.68. The van der Waals surface area contributed by atoms with Crippen LogP contribution in [-0.4, -0.2) is 21.5 Å². The predicted molar refractivity (Wildman–Crippen MR) is 104 cm³/mol. The molecule has 4 N–H and O–H groups in total. The van der Waals surface area contributed by atoms with Gasteiger partial charge in [-0.05, 0) is 38.2 Å². The van der Waals surface area contributed by atoms with Gasteiger partial charge in [-0.3, -0.25) is 0 Å². The lowest BCUT2D eigenvalue weighted by Crippen LogP contribution is -2.11. The maximum atomic E-state index is 12.7. The maximum Gasteiger partial charge on any atom is 0.417 e. The number of nitrogens with one attached hydrogen (secondary N) is 2. The standard InChI is InChI=1S/C18H20ClF3N6/c19-13-8-12(18(20,21)22)9-25-15(13)28-17-14(23)16(26-10-27-17)24-7-6-11-4-2-1-3-5-11/h4,8-10H,1-3,5-7,23H2,(H2,24,25,26,27,28). The molecular weight excluding hydrogens is 393 g/mol. The van der Waals surface area contributed by atoms with E-state index in [-0.39, 0.29) is 22.3 Å². The van der Waals surface area contributed by atoms with E-state index >= 15 is 0 Å². The van der Waals surface area contributed by atoms with Gasteiger partial charge in [0.2, 0.25) is 0 Å². The third kappa shape index (κ3) is 5.03. The molecular formula is C18H20ClF3N6. The van der Waals surface area contributed by atoms with Crippen molar-refractivity contribution >= 4 is 34.7 Å². The van der Waals surface area contributed by atoms with Crippen LogP contribution in [0.2, 0.25) is 5.02 Å². The summed E-state index contributed by atoms with van der Waals surface area (Å²) in [6, 6.07) is 0.797. The molecule has 1 aliphatic rings. The summed E-state index contributed by atoms with van der Waals surface area (Å²) < 4.78 is 38.2. The third-order valence-electron chi connectivity index (χ3n) is 4.41. The highest BCUT2D eigenvalue weighted by molar-refractivity contribution is 6.33. The van der Waals surface area contributed by atoms with Crippen molar-refractivity contribution in [2.75, 3.05) is 22.9 Å². The van der Waals surface area contributed by atoms with Crippen molar-refractivity contribution in [3.63, 3.8) is 0 Å². The van der Waals surface area contributed by atoms with Gasteiger partial charge >= 0.3 is 6.18 Å². The molecule has 0 spiro atoms. The summed E-state index contributed by atoms with van der Waals surface area (Å²) in [7, 11) is 0. The Labute approximate surface area is 165 Å². The molecule has 0 bridgehead atoms. The first-order valence-electron chi connectivity index (χ1n) is 8.86. The van der Waals surface area contributed by atoms with E-state index in [2.05, 4.69) is 31.7 Å². The van der Waals surface area contributed by atoms with Crippen molar-refractivity contribution in [2.45, 2.75) is 38.3 Å². The smallest absolute Gasteiger partial charge is 0.393 e. The number of anilines is 4. The van der Waals surface area contributed by atoms with E-state index < -0.39 is 11.7 Å². The van der Waals surface area contributed by atoms with Crippen LogP contribution < -0.4 is 16.4 Å². The van der Waals surface area contributed by atoms with Crippen molar-refractivity contribution in [1.82, 2.24) is 15.0 Å². The molecule has 0 saturated heterocycles. The number of allylic oxidation sites excluding steroid dienone is 1. The lowest BCUT2D eigenvalue weighted by molar-refractivity contribution is -0.137. The largest absolute Gasteiger partial charge is 0.417 e. The summed E-state index contributed by atoms with van der Waals surface area (Å²) in [5.74, 6) is 0.680. The van der Waals surface area contributed by atoms with Crippen LogP contribution in [0, 0.1) is 0 Å². The van der Waals surface area contributed by atoms with Gasteiger partial charge in [-0.25, -0.2) is 15.0 Å². The molecule has 1 aliphatic carbocycles. The molecule has 2 heterocycles. The van der Waals surface area contributed by atoms with Gasteiger partial charge in [0, 0.05) is 12.7 Å². The van der Waals surface area contributed by atoms with Crippen LogP contribution in [0.5, 0.6) is 0 Å². The zero-order chi connectivity index (χ0) is 20.1. The fourth-order valence-corrected chi connectivity index (χ4v) is 3.12. The van der Waals surface area contributed by atoms with Crippen LogP contribution in [0.1, 0.15) is 37.7 Å². The van der Waals surface area contributed by atoms with Crippen LogP contribution in [0.25, 0.3) is 0 Å². The molecule has 150 valence electrons. The molecule has 6 nitrogen and oxygen atoms in total. The number of nitrogens with two attached hydrogens (primary N) is 1. The number of halogens is 4. The number of aromatic nitrogens is 3. The maximum absolute atomic E-state index is 12.7. The second kappa shape index (κ2) is 8.64. The van der Waals surface area contributed by atoms with Gasteiger partial charge in [0.25, 0.3) is 0 Å². The van der Waals surface area contributed by atoms with Crippen LogP contribution in [-0.2, 0) is 6.18 Å². The van der Waals surface area contributed by atoms with Crippen molar-refractivity contribution in [2.24, 2.45) is 0 Å². The average Bonchev–Trinajstić information content (AvgIpc) is 2.66. The second-order valence-corrected chi connectivity index (χ2v) is 6.85. The normalized spacial score (nSPS) is 14.5. The SMILES string of the molecule is Nc1c(NCCC2=CCCCC2)ncnc1Nc1ncc(C(F)(F)F)cc1Cl. The predicted octanol–water partition coefficient (Wildman–Crippen LogP) is 5.17. The van der Waals surface area contributed by atoms with Crippen LogP contribution >= 0.6 is 11.6 Å². The minimum Gasteiger partial charge on any atom is -0.393 e. The van der Waals surface area contributed by atoms with E-state index in [0.717, 1.165) is 25.3 Å². The zero-order valence-electron chi connectivity index (χ0n) is 15.0. The van der Waals surface area contributed by atoms with Crippen LogP contribution in [0.15, 0.2) is 30.2 Å². The number of nitrogens with zero attached hydrogens (tertiary/aromatic N) is 3. The molecule has 0 saturated carbocycles. The molecule has 0 radical (unpaired) electrons. The van der Waals surface area contributed by atoms with E-state index in [4.69, 9.17) is 17.3 Å². The van der Waals surface area contributed by atoms with Gasteiger partial charge in [0.05, 0.1) is 10.6 Å². The summed E-state index contributed by atoms with van der Waals surface area (Å²) >= 11 is 5.92. The minimum absolute atomic E-state index is 0.0263. The first-order valence-corrected chi connectivity index (χ1v) is 9.24. The van der Waals surface area contributed by atoms with E-state index in [1.807, 2.05) is 0 Å². The Hall–Kier alpha value is -2.55. The number of nitrogen functional groups attached to an aromatic ring is 1. The second-order valence-electron chi connectivity index (χ2n) is 6.45. The van der Waals surface area contributed by atoms with E-state index in [1.165, 1.54) is 24.7 Å². The summed E-state index contributed by atoms with van der Waals surface area (Å²) in [5, 5.41) is 5.74. The topological polar surface area (TPSA) is 88.8 Å². The van der Waals surface area contributed by atoms with E-state index in [0.29, 0.717) is 18.6 Å². The van der Waals surface area contributed by atoms with Crippen molar-refractivity contribution in [3.8, 4) is 0 Å². The molecule has 0 unspecified atom stereocenters. The quantitative estimate of drug-likeness (QED) is 0.567. The molecule has 0 fully saturated rings. The summed E-state index contributed by atoms with van der Waals surface area (Å²) in [6.45, 7) is 0.672. The lowest BCUT2D eigenvalue weighted by atomic mass is 9.97. The van der Waals surface area contributed by atoms with Crippen LogP contribution in [0.4, 0.5) is 36.3 Å².